The van der Waals surface area contributed by atoms with Crippen LogP contribution in [0, 0.1) is 0 Å². The number of benzene rings is 1. The summed E-state index contributed by atoms with van der Waals surface area (Å²) in [6.07, 6.45) is -2.59. The third-order valence-electron chi connectivity index (χ3n) is 2.34. The normalized spacial score (nSPS) is 18.2. The lowest BCUT2D eigenvalue weighted by molar-refractivity contribution is -0.116. The Labute approximate surface area is 101 Å². The predicted octanol–water partition coefficient (Wildman–Crippen LogP) is 1.94. The van der Waals surface area contributed by atoms with Gasteiger partial charge in [0.1, 0.15) is 18.4 Å². The van der Waals surface area contributed by atoms with Gasteiger partial charge in [0.25, 0.3) is 6.43 Å². The predicted molar refractivity (Wildman–Crippen MR) is 58.5 cm³/mol. The first-order valence-corrected chi connectivity index (χ1v) is 5.17. The van der Waals surface area contributed by atoms with E-state index in [0.29, 0.717) is 11.3 Å². The molecule has 0 aliphatic carbocycles. The second-order valence-electron chi connectivity index (χ2n) is 3.54. The molecule has 17 heavy (non-hydrogen) atoms. The third-order valence-corrected chi connectivity index (χ3v) is 2.64. The van der Waals surface area contributed by atoms with E-state index in [-0.39, 0.29) is 16.7 Å². The molecule has 92 valence electrons. The minimum absolute atomic E-state index is 0.0973. The Bertz CT molecular complexity index is 468. The number of nitrogens with two attached hydrogens (primary N) is 1. The van der Waals surface area contributed by atoms with Crippen molar-refractivity contribution in [2.45, 2.75) is 12.5 Å². The van der Waals surface area contributed by atoms with Gasteiger partial charge in [-0.1, -0.05) is 11.6 Å². The van der Waals surface area contributed by atoms with Gasteiger partial charge in [-0.3, -0.25) is 4.79 Å². The quantitative estimate of drug-likeness (QED) is 0.875. The van der Waals surface area contributed by atoms with Crippen LogP contribution in [0.3, 0.4) is 0 Å². The molecule has 3 N–H and O–H groups in total. The van der Waals surface area contributed by atoms with E-state index in [1.807, 2.05) is 0 Å². The first kappa shape index (κ1) is 12.1. The monoisotopic (exact) mass is 262 g/mol. The van der Waals surface area contributed by atoms with Crippen LogP contribution in [0.25, 0.3) is 0 Å². The average molecular weight is 263 g/mol. The molecule has 0 fully saturated rings. The average Bonchev–Trinajstić information content (AvgIpc) is 2.52. The summed E-state index contributed by atoms with van der Waals surface area (Å²) >= 11 is 5.84. The van der Waals surface area contributed by atoms with E-state index >= 15 is 0 Å². The molecule has 1 unspecified atom stereocenters. The number of hydrogen-bond acceptors (Lipinski definition) is 3. The highest BCUT2D eigenvalue weighted by Crippen LogP contribution is 2.37. The van der Waals surface area contributed by atoms with Crippen molar-refractivity contribution < 1.29 is 18.3 Å². The molecular weight excluding hydrogens is 254 g/mol. The van der Waals surface area contributed by atoms with Crippen LogP contribution in [-0.4, -0.2) is 18.9 Å². The van der Waals surface area contributed by atoms with Gasteiger partial charge in [-0.05, 0) is 6.07 Å². The Kier molecular flexibility index (Phi) is 3.17. The van der Waals surface area contributed by atoms with Crippen LogP contribution in [-0.2, 0) is 4.79 Å². The lowest BCUT2D eigenvalue weighted by Crippen LogP contribution is -2.19. The number of anilines is 1. The molecule has 1 aromatic rings. The maximum Gasteiger partial charge on any atom is 0.272 e. The van der Waals surface area contributed by atoms with E-state index in [1.165, 1.54) is 12.1 Å². The van der Waals surface area contributed by atoms with Crippen LogP contribution in [0.15, 0.2) is 12.1 Å². The second-order valence-corrected chi connectivity index (χ2v) is 3.95. The van der Waals surface area contributed by atoms with Crippen molar-refractivity contribution >= 4 is 23.2 Å². The number of ether oxygens (including phenoxy) is 1. The molecule has 0 spiro atoms. The van der Waals surface area contributed by atoms with E-state index in [2.05, 4.69) is 5.32 Å². The molecule has 0 saturated carbocycles. The number of rotatable bonds is 3. The van der Waals surface area contributed by atoms with Gasteiger partial charge in [0.15, 0.2) is 0 Å². The summed E-state index contributed by atoms with van der Waals surface area (Å²) in [6, 6.07) is 2.05. The highest BCUT2D eigenvalue weighted by molar-refractivity contribution is 6.32. The number of hydrogen-bond donors (Lipinski definition) is 2. The van der Waals surface area contributed by atoms with Gasteiger partial charge in [0, 0.05) is 17.3 Å². The lowest BCUT2D eigenvalue weighted by atomic mass is 10.1. The number of amides is 1. The molecule has 1 aromatic carbocycles. The summed E-state index contributed by atoms with van der Waals surface area (Å²) in [5, 5.41) is 2.66. The van der Waals surface area contributed by atoms with Gasteiger partial charge in [0.05, 0.1) is 5.02 Å². The van der Waals surface area contributed by atoms with Crippen LogP contribution in [0.5, 0.6) is 5.75 Å². The zero-order valence-electron chi connectivity index (χ0n) is 8.54. The van der Waals surface area contributed by atoms with Crippen LogP contribution >= 0.6 is 11.6 Å². The van der Waals surface area contributed by atoms with Gasteiger partial charge in [-0.25, -0.2) is 8.78 Å². The van der Waals surface area contributed by atoms with Crippen LogP contribution in [0.4, 0.5) is 14.5 Å². The minimum Gasteiger partial charge on any atom is -0.486 e. The maximum absolute atomic E-state index is 12.0. The first-order valence-electron chi connectivity index (χ1n) is 4.80. The number of nitrogens with one attached hydrogen (secondary N) is 1. The summed E-state index contributed by atoms with van der Waals surface area (Å²) in [6.45, 7) is -0.751. The molecule has 2 rings (SSSR count). The zero-order valence-corrected chi connectivity index (χ0v) is 9.30. The van der Waals surface area contributed by atoms with Crippen molar-refractivity contribution in [1.82, 2.24) is 0 Å². The molecule has 1 heterocycles. The number of fused-ring (bicyclic) bond motifs is 1. The van der Waals surface area contributed by atoms with Crippen LogP contribution < -0.4 is 15.8 Å². The number of halogens is 3. The number of carbonyl (C=O) groups is 1. The molecule has 0 radical (unpaired) electrons. The highest BCUT2D eigenvalue weighted by Gasteiger charge is 2.28. The van der Waals surface area contributed by atoms with Gasteiger partial charge in [-0.15, -0.1) is 0 Å². The van der Waals surface area contributed by atoms with Crippen molar-refractivity contribution in [3.05, 3.63) is 22.7 Å². The standard InChI is InChI=1S/C10H9ClF2N2O2/c11-5-1-4-6(15-10(16)9(4)14)2-7(5)17-3-8(12)13/h1-2,8-9H,3,14H2,(H,15,16). The lowest BCUT2D eigenvalue weighted by Gasteiger charge is -2.10. The summed E-state index contributed by atoms with van der Waals surface area (Å²) in [7, 11) is 0. The fourth-order valence-corrected chi connectivity index (χ4v) is 1.78. The fraction of sp³-hybridized carbons (Fsp3) is 0.300. The van der Waals surface area contributed by atoms with Crippen molar-refractivity contribution in [3.63, 3.8) is 0 Å². The maximum atomic E-state index is 12.0. The summed E-state index contributed by atoms with van der Waals surface area (Å²) in [4.78, 5) is 11.3. The SMILES string of the molecule is NC1C(=O)Nc2cc(OCC(F)F)c(Cl)cc21. The van der Waals surface area contributed by atoms with Gasteiger partial charge >= 0.3 is 0 Å². The Morgan fingerprint density at radius 1 is 1.53 bits per heavy atom. The Hall–Kier alpha value is -1.40. The Morgan fingerprint density at radius 2 is 2.24 bits per heavy atom. The van der Waals surface area contributed by atoms with Gasteiger partial charge < -0.3 is 15.8 Å². The second kappa shape index (κ2) is 4.46. The highest BCUT2D eigenvalue weighted by atomic mass is 35.5. The minimum atomic E-state index is -2.59. The smallest absolute Gasteiger partial charge is 0.272 e. The van der Waals surface area contributed by atoms with E-state index in [9.17, 15) is 13.6 Å². The summed E-state index contributed by atoms with van der Waals surface area (Å²) in [5.74, 6) is -0.262. The molecule has 1 aliphatic rings. The van der Waals surface area contributed by atoms with Crippen LogP contribution in [0.1, 0.15) is 11.6 Å². The molecule has 1 amide bonds. The van der Waals surface area contributed by atoms with Crippen molar-refractivity contribution in [3.8, 4) is 5.75 Å². The van der Waals surface area contributed by atoms with Crippen molar-refractivity contribution in [2.75, 3.05) is 11.9 Å². The third kappa shape index (κ3) is 2.32. The molecule has 4 nitrogen and oxygen atoms in total. The molecule has 0 saturated heterocycles. The molecule has 7 heteroatoms. The molecule has 0 bridgehead atoms. The van der Waals surface area contributed by atoms with E-state index in [0.717, 1.165) is 0 Å². The van der Waals surface area contributed by atoms with E-state index in [4.69, 9.17) is 22.1 Å². The number of alkyl halides is 2. The summed E-state index contributed by atoms with van der Waals surface area (Å²) in [5.41, 5.74) is 6.57. The van der Waals surface area contributed by atoms with Crippen molar-refractivity contribution in [2.24, 2.45) is 5.73 Å². The largest absolute Gasteiger partial charge is 0.486 e. The fourth-order valence-electron chi connectivity index (χ4n) is 1.55. The Balaban J connectivity index is 2.27. The topological polar surface area (TPSA) is 64.4 Å². The van der Waals surface area contributed by atoms with E-state index < -0.39 is 19.1 Å². The van der Waals surface area contributed by atoms with Gasteiger partial charge in [0.2, 0.25) is 5.91 Å². The van der Waals surface area contributed by atoms with E-state index in [1.54, 1.807) is 0 Å². The Morgan fingerprint density at radius 3 is 2.88 bits per heavy atom. The molecular formula is C10H9ClF2N2O2. The number of carbonyl (C=O) groups excluding carboxylic acids is 1. The van der Waals surface area contributed by atoms with Crippen molar-refractivity contribution in [1.29, 1.82) is 0 Å². The molecule has 1 aliphatic heterocycles. The zero-order chi connectivity index (χ0) is 12.6. The molecule has 0 aromatic heterocycles. The first-order chi connectivity index (χ1) is 7.99. The molecule has 1 atom stereocenters. The van der Waals surface area contributed by atoms with Crippen LogP contribution in [0.2, 0.25) is 5.02 Å². The summed E-state index contributed by atoms with van der Waals surface area (Å²) < 4.78 is 28.8. The van der Waals surface area contributed by atoms with Gasteiger partial charge in [-0.2, -0.15) is 0 Å².